The lowest BCUT2D eigenvalue weighted by Crippen LogP contribution is -2.60. The van der Waals surface area contributed by atoms with Crippen molar-refractivity contribution in [1.82, 2.24) is 10.4 Å². The molecule has 0 spiro atoms. The van der Waals surface area contributed by atoms with Gasteiger partial charge in [-0.1, -0.05) is 0 Å². The summed E-state index contributed by atoms with van der Waals surface area (Å²) in [6, 6.07) is 0. The van der Waals surface area contributed by atoms with E-state index in [1.165, 1.54) is 5.48 Å². The van der Waals surface area contributed by atoms with Crippen LogP contribution in [0.25, 0.3) is 0 Å². The summed E-state index contributed by atoms with van der Waals surface area (Å²) in [7, 11) is 0. The van der Waals surface area contributed by atoms with E-state index in [1.54, 1.807) is 0 Å². The summed E-state index contributed by atoms with van der Waals surface area (Å²) in [4.78, 5) is 12.3. The fourth-order valence-electron chi connectivity index (χ4n) is 1.75. The number of hydroxylamine groups is 1. The minimum atomic E-state index is -2.28. The maximum Gasteiger partial charge on any atom is 0.235 e. The van der Waals surface area contributed by atoms with Crippen LogP contribution in [0, 0.1) is 5.92 Å². The molecule has 0 saturated heterocycles. The molecule has 0 aliphatic carbocycles. The second-order valence-electron chi connectivity index (χ2n) is 4.42. The van der Waals surface area contributed by atoms with Gasteiger partial charge in [-0.05, 0) is 0 Å². The Hall–Kier alpha value is -0.930. The smallest absolute Gasteiger partial charge is 0.235 e. The van der Waals surface area contributed by atoms with E-state index in [1.807, 2.05) is 0 Å². The predicted octanol–water partition coefficient (Wildman–Crippen LogP) is -5.94. The van der Waals surface area contributed by atoms with Crippen LogP contribution in [-0.4, -0.2) is 108 Å². The average molecular weight is 330 g/mol. The highest BCUT2D eigenvalue weighted by Gasteiger charge is 2.42. The third kappa shape index (κ3) is 5.06. The van der Waals surface area contributed by atoms with Crippen molar-refractivity contribution in [3.05, 3.63) is 0 Å². The molecule has 5 unspecified atom stereocenters. The van der Waals surface area contributed by atoms with Crippen LogP contribution in [0.3, 0.4) is 0 Å². The van der Waals surface area contributed by atoms with Gasteiger partial charge < -0.3 is 46.1 Å². The summed E-state index contributed by atoms with van der Waals surface area (Å²) in [5, 5.41) is 82.7. The number of hydrogen-bond donors (Lipinski definition) is 10. The van der Waals surface area contributed by atoms with Crippen LogP contribution in [0.2, 0.25) is 0 Å². The molecule has 0 radical (unpaired) electrons. The number of carbonyl (C=O) groups excluding carboxylic acids is 1. The van der Waals surface area contributed by atoms with Crippen LogP contribution in [-0.2, 0) is 4.79 Å². The lowest BCUT2D eigenvalue weighted by atomic mass is 9.94. The van der Waals surface area contributed by atoms with Crippen molar-refractivity contribution in [1.29, 1.82) is 0 Å². The van der Waals surface area contributed by atoms with Gasteiger partial charge in [0.2, 0.25) is 5.91 Å². The first-order valence-corrected chi connectivity index (χ1v) is 6.21. The van der Waals surface area contributed by atoms with Crippen LogP contribution in [0.15, 0.2) is 0 Å². The Balaban J connectivity index is 5.54. The third-order valence-corrected chi connectivity index (χ3v) is 2.93. The number of aliphatic hydroxyl groups is 8. The van der Waals surface area contributed by atoms with Gasteiger partial charge in [0, 0.05) is 0 Å². The summed E-state index contributed by atoms with van der Waals surface area (Å²) in [5.41, 5.74) is 1.20. The molecule has 10 N–H and O–H groups in total. The molecule has 0 aromatic carbocycles. The third-order valence-electron chi connectivity index (χ3n) is 2.93. The number of nitrogens with one attached hydrogen (secondary N) is 1. The van der Waals surface area contributed by atoms with Crippen LogP contribution in [0.5, 0.6) is 0 Å². The Morgan fingerprint density at radius 1 is 0.909 bits per heavy atom. The molecule has 0 heterocycles. The van der Waals surface area contributed by atoms with Crippen molar-refractivity contribution in [2.24, 2.45) is 5.92 Å². The van der Waals surface area contributed by atoms with Crippen molar-refractivity contribution >= 4 is 5.91 Å². The maximum absolute atomic E-state index is 12.2. The van der Waals surface area contributed by atoms with Crippen molar-refractivity contribution in [3.8, 4) is 0 Å². The summed E-state index contributed by atoms with van der Waals surface area (Å²) >= 11 is 0. The lowest BCUT2D eigenvalue weighted by Gasteiger charge is -2.37. The molecule has 12 heteroatoms. The second-order valence-corrected chi connectivity index (χ2v) is 4.42. The minimum Gasteiger partial charge on any atom is -0.394 e. The highest BCUT2D eigenvalue weighted by Crippen LogP contribution is 2.18. The normalized spacial score (nSPS) is 19.9. The van der Waals surface area contributed by atoms with Crippen LogP contribution >= 0.6 is 0 Å². The summed E-state index contributed by atoms with van der Waals surface area (Å²) in [6.07, 6.45) is -10.2. The van der Waals surface area contributed by atoms with Gasteiger partial charge in [-0.25, -0.2) is 0 Å². The molecule has 0 aromatic rings. The van der Waals surface area contributed by atoms with E-state index in [0.29, 0.717) is 0 Å². The minimum absolute atomic E-state index is 0.0658. The standard InChI is InChI=1S/C10H22N2O10/c13-1-4(16)7(5(17)2-14)9(20)12(6(18)3-15)10(21)8(19)11-22/h4-8,10-11,13-19,21-22H,1-3H2. The summed E-state index contributed by atoms with van der Waals surface area (Å²) in [6.45, 7) is -3.07. The van der Waals surface area contributed by atoms with Gasteiger partial charge in [0.1, 0.15) is 0 Å². The number of rotatable bonds is 10. The number of aliphatic hydroxyl groups excluding tert-OH is 8. The van der Waals surface area contributed by atoms with Crippen molar-refractivity contribution in [2.45, 2.75) is 30.9 Å². The Labute approximate surface area is 125 Å². The molecule has 0 bridgehead atoms. The quantitative estimate of drug-likeness (QED) is 0.134. The molecule has 0 saturated carbocycles. The molecule has 0 aliphatic rings. The number of carbonyl (C=O) groups is 1. The molecule has 0 aliphatic heterocycles. The molecule has 22 heavy (non-hydrogen) atoms. The predicted molar refractivity (Wildman–Crippen MR) is 66.5 cm³/mol. The van der Waals surface area contributed by atoms with E-state index in [9.17, 15) is 30.3 Å². The lowest BCUT2D eigenvalue weighted by molar-refractivity contribution is -0.204. The molecular weight excluding hydrogens is 308 g/mol. The fraction of sp³-hybridized carbons (Fsp3) is 0.900. The highest BCUT2D eigenvalue weighted by atomic mass is 16.5. The Morgan fingerprint density at radius 2 is 1.36 bits per heavy atom. The largest absolute Gasteiger partial charge is 0.394 e. The first-order chi connectivity index (χ1) is 10.3. The topological polar surface area (TPSA) is 214 Å². The zero-order chi connectivity index (χ0) is 17.4. The number of amides is 1. The van der Waals surface area contributed by atoms with Gasteiger partial charge in [0.05, 0.1) is 37.9 Å². The molecule has 1 amide bonds. The summed E-state index contributed by atoms with van der Waals surface area (Å²) < 4.78 is 0. The molecule has 0 aromatic heterocycles. The van der Waals surface area contributed by atoms with E-state index in [-0.39, 0.29) is 4.90 Å². The maximum atomic E-state index is 12.2. The van der Waals surface area contributed by atoms with E-state index in [4.69, 9.17) is 20.5 Å². The molecule has 0 rings (SSSR count). The van der Waals surface area contributed by atoms with Crippen molar-refractivity contribution < 1.29 is 50.9 Å². The number of hydrogen-bond acceptors (Lipinski definition) is 11. The zero-order valence-corrected chi connectivity index (χ0v) is 11.5. The fourth-order valence-corrected chi connectivity index (χ4v) is 1.75. The van der Waals surface area contributed by atoms with Gasteiger partial charge in [-0.3, -0.25) is 9.69 Å². The van der Waals surface area contributed by atoms with Crippen molar-refractivity contribution in [3.63, 3.8) is 0 Å². The molecule has 132 valence electrons. The van der Waals surface area contributed by atoms with Crippen LogP contribution in [0.1, 0.15) is 0 Å². The summed E-state index contributed by atoms with van der Waals surface area (Å²) in [5.74, 6) is -3.27. The van der Waals surface area contributed by atoms with Crippen LogP contribution in [0.4, 0.5) is 0 Å². The van der Waals surface area contributed by atoms with E-state index < -0.39 is 62.5 Å². The molecular formula is C10H22N2O10. The Kier molecular flexibility index (Phi) is 9.54. The van der Waals surface area contributed by atoms with Gasteiger partial charge in [-0.2, -0.15) is 5.48 Å². The first kappa shape index (κ1) is 21.1. The Morgan fingerprint density at radius 3 is 1.68 bits per heavy atom. The average Bonchev–Trinajstić information content (AvgIpc) is 2.53. The molecule has 5 atom stereocenters. The van der Waals surface area contributed by atoms with Gasteiger partial charge in [0.15, 0.2) is 18.7 Å². The first-order valence-electron chi connectivity index (χ1n) is 6.21. The number of nitrogens with zero attached hydrogens (tertiary/aromatic N) is 1. The second kappa shape index (κ2) is 9.96. The zero-order valence-electron chi connectivity index (χ0n) is 11.5. The van der Waals surface area contributed by atoms with Crippen LogP contribution < -0.4 is 5.48 Å². The molecule has 12 nitrogen and oxygen atoms in total. The highest BCUT2D eigenvalue weighted by molar-refractivity contribution is 5.80. The van der Waals surface area contributed by atoms with E-state index in [0.717, 1.165) is 0 Å². The van der Waals surface area contributed by atoms with Gasteiger partial charge in [-0.15, -0.1) is 0 Å². The van der Waals surface area contributed by atoms with Gasteiger partial charge in [0.25, 0.3) is 0 Å². The monoisotopic (exact) mass is 330 g/mol. The van der Waals surface area contributed by atoms with E-state index >= 15 is 0 Å². The molecule has 0 fully saturated rings. The SMILES string of the molecule is O=C(C(C(O)CO)C(O)CO)N(C(O)CO)C(O)C(O)NO. The van der Waals surface area contributed by atoms with Crippen molar-refractivity contribution in [2.75, 3.05) is 19.8 Å². The van der Waals surface area contributed by atoms with E-state index in [2.05, 4.69) is 0 Å². The Bertz CT molecular complexity index is 323. The van der Waals surface area contributed by atoms with Gasteiger partial charge >= 0.3 is 0 Å².